The number of aryl methyl sites for hydroxylation is 1. The van der Waals surface area contributed by atoms with Gasteiger partial charge in [-0.1, -0.05) is 28.1 Å². The van der Waals surface area contributed by atoms with Crippen LogP contribution in [0.4, 0.5) is 5.69 Å². The molecule has 6 rings (SSSR count). The zero-order valence-electron chi connectivity index (χ0n) is 22.0. The zero-order valence-corrected chi connectivity index (χ0v) is 23.6. The summed E-state index contributed by atoms with van der Waals surface area (Å²) in [6.07, 6.45) is 1.06. The number of carbonyl (C=O) groups is 4. The van der Waals surface area contributed by atoms with E-state index in [2.05, 4.69) is 54.8 Å². The average Bonchev–Trinajstić information content (AvgIpc) is 3.22. The molecule has 0 bridgehead atoms. The molecule has 4 heterocycles. The molecule has 2 aromatic rings. The number of nitrogens with zero attached hydrogens (tertiary/aromatic N) is 4. The van der Waals surface area contributed by atoms with Gasteiger partial charge in [0, 0.05) is 66.8 Å². The Morgan fingerprint density at radius 2 is 1.82 bits per heavy atom. The van der Waals surface area contributed by atoms with Crippen LogP contribution in [-0.2, 0) is 32.2 Å². The number of anilines is 1. The van der Waals surface area contributed by atoms with Gasteiger partial charge in [-0.05, 0) is 60.7 Å². The number of halogens is 1. The lowest BCUT2D eigenvalue weighted by Crippen LogP contribution is -2.72. The van der Waals surface area contributed by atoms with E-state index in [-0.39, 0.29) is 31.8 Å². The summed E-state index contributed by atoms with van der Waals surface area (Å²) in [4.78, 5) is 59.1. The predicted octanol–water partition coefficient (Wildman–Crippen LogP) is 2.13. The smallest absolute Gasteiger partial charge is 0.321 e. The van der Waals surface area contributed by atoms with Crippen molar-refractivity contribution in [2.75, 3.05) is 37.6 Å². The number of imide groups is 1. The van der Waals surface area contributed by atoms with Crippen LogP contribution in [0.3, 0.4) is 0 Å². The van der Waals surface area contributed by atoms with Crippen LogP contribution in [-0.4, -0.2) is 89.0 Å². The van der Waals surface area contributed by atoms with Crippen LogP contribution in [0.1, 0.15) is 40.7 Å². The first-order chi connectivity index (χ1) is 19.2. The van der Waals surface area contributed by atoms with Crippen molar-refractivity contribution in [2.45, 2.75) is 44.4 Å². The van der Waals surface area contributed by atoms with Gasteiger partial charge < -0.3 is 19.7 Å². The van der Waals surface area contributed by atoms with Crippen LogP contribution in [0.25, 0.3) is 0 Å². The number of amides is 3. The molecule has 1 unspecified atom stereocenters. The number of hydrogen-bond donors (Lipinski definition) is 1. The molecule has 0 saturated carbocycles. The minimum atomic E-state index is -0.861. The second kappa shape index (κ2) is 10.6. The summed E-state index contributed by atoms with van der Waals surface area (Å²) in [6, 6.07) is 13.2. The molecule has 3 fully saturated rings. The van der Waals surface area contributed by atoms with Crippen LogP contribution in [0.5, 0.6) is 0 Å². The minimum absolute atomic E-state index is 0.00902. The number of hydrogen-bond acceptors (Lipinski definition) is 8. The maximum absolute atomic E-state index is 13.0. The summed E-state index contributed by atoms with van der Waals surface area (Å²) in [5.41, 5.74) is 3.96. The molecule has 11 heteroatoms. The fourth-order valence-corrected chi connectivity index (χ4v) is 6.81. The summed E-state index contributed by atoms with van der Waals surface area (Å²) in [6.45, 7) is 5.05. The van der Waals surface area contributed by atoms with Gasteiger partial charge in [-0.25, -0.2) is 0 Å². The Balaban J connectivity index is 0.974. The van der Waals surface area contributed by atoms with E-state index in [0.29, 0.717) is 35.4 Å². The molecule has 1 spiro atoms. The predicted molar refractivity (Wildman–Crippen MR) is 148 cm³/mol. The van der Waals surface area contributed by atoms with Crippen molar-refractivity contribution in [1.82, 2.24) is 14.9 Å². The van der Waals surface area contributed by atoms with Gasteiger partial charge >= 0.3 is 6.47 Å². The number of β-amino-alcohol motifs (C(OH)–C–C–N with tert-alkyl or cyclic N) is 1. The molecule has 40 heavy (non-hydrogen) atoms. The van der Waals surface area contributed by atoms with Gasteiger partial charge in [-0.2, -0.15) is 0 Å². The molecule has 210 valence electrons. The molecule has 4 aliphatic heterocycles. The number of fused-ring (bicyclic) bond motifs is 1. The van der Waals surface area contributed by atoms with E-state index in [4.69, 9.17) is 0 Å². The van der Waals surface area contributed by atoms with Crippen molar-refractivity contribution in [3.63, 3.8) is 0 Å². The third-order valence-electron chi connectivity index (χ3n) is 8.47. The van der Waals surface area contributed by atoms with Crippen LogP contribution >= 0.6 is 15.9 Å². The highest BCUT2D eigenvalue weighted by molar-refractivity contribution is 9.10. The molecule has 2 aromatic carbocycles. The molecular weight excluding hydrogens is 580 g/mol. The summed E-state index contributed by atoms with van der Waals surface area (Å²) >= 11 is 3.48. The second-order valence-electron chi connectivity index (χ2n) is 11.4. The summed E-state index contributed by atoms with van der Waals surface area (Å²) < 4.78 is 1.08. The quantitative estimate of drug-likeness (QED) is 0.340. The third-order valence-corrected chi connectivity index (χ3v) is 9.00. The van der Waals surface area contributed by atoms with Crippen molar-refractivity contribution in [3.05, 3.63) is 63.6 Å². The largest absolute Gasteiger partial charge is 0.392 e. The van der Waals surface area contributed by atoms with Gasteiger partial charge in [0.15, 0.2) is 0 Å². The standard InChI is InChI=1S/C29H31BrN4O6/c30-21-3-5-22(6-4-21)32-16-29(17-32)14-31(15-29)13-23(36)7-1-19-2-8-24-20(11-19)12-33(27(24)38)25-9-10-26(37)34(28(25)39)40-18-35/h2-6,8,11,18,23,25,36H,1,7,9-10,12-17H2/t23-,25?/m0/s1. The summed E-state index contributed by atoms with van der Waals surface area (Å²) in [5.74, 6) is -1.58. The number of benzene rings is 2. The van der Waals surface area contributed by atoms with Crippen LogP contribution in [0.15, 0.2) is 46.9 Å². The van der Waals surface area contributed by atoms with Gasteiger partial charge in [-0.15, -0.1) is 5.06 Å². The first-order valence-corrected chi connectivity index (χ1v) is 14.4. The fraction of sp³-hybridized carbons (Fsp3) is 0.448. The third kappa shape index (κ3) is 5.02. The first-order valence-electron chi connectivity index (χ1n) is 13.6. The van der Waals surface area contributed by atoms with Crippen LogP contribution < -0.4 is 4.90 Å². The SMILES string of the molecule is O=CON1C(=O)CCC(N2Cc3cc(CC[C@H](O)CN4CC5(C4)CN(c4ccc(Br)cc4)C5)ccc3C2=O)C1=O. The number of carbonyl (C=O) groups excluding carboxylic acids is 4. The van der Waals surface area contributed by atoms with E-state index in [0.717, 1.165) is 41.8 Å². The second-order valence-corrected chi connectivity index (χ2v) is 12.3. The molecule has 1 N–H and O–H groups in total. The monoisotopic (exact) mass is 610 g/mol. The Bertz CT molecular complexity index is 1340. The minimum Gasteiger partial charge on any atom is -0.392 e. The Hall–Kier alpha value is -3.28. The van der Waals surface area contributed by atoms with Crippen molar-refractivity contribution in [3.8, 4) is 0 Å². The maximum Gasteiger partial charge on any atom is 0.321 e. The normalized spacial score (nSPS) is 22.7. The van der Waals surface area contributed by atoms with Gasteiger partial charge in [0.1, 0.15) is 6.04 Å². The highest BCUT2D eigenvalue weighted by atomic mass is 79.9. The topological polar surface area (TPSA) is 111 Å². The average molecular weight is 611 g/mol. The lowest BCUT2D eigenvalue weighted by Gasteiger charge is -2.61. The molecule has 0 aliphatic carbocycles. The van der Waals surface area contributed by atoms with Crippen molar-refractivity contribution in [2.24, 2.45) is 5.41 Å². The molecule has 0 aromatic heterocycles. The summed E-state index contributed by atoms with van der Waals surface area (Å²) in [5, 5.41) is 11.2. The van der Waals surface area contributed by atoms with Gasteiger partial charge in [0.05, 0.1) is 6.10 Å². The fourth-order valence-electron chi connectivity index (χ4n) is 6.54. The van der Waals surface area contributed by atoms with Gasteiger partial charge in [0.25, 0.3) is 17.7 Å². The molecule has 4 aliphatic rings. The van der Waals surface area contributed by atoms with Crippen molar-refractivity contribution < 1.29 is 29.1 Å². The van der Waals surface area contributed by atoms with Crippen LogP contribution in [0, 0.1) is 5.41 Å². The molecule has 10 nitrogen and oxygen atoms in total. The van der Waals surface area contributed by atoms with Crippen molar-refractivity contribution >= 4 is 45.8 Å². The number of piperidine rings is 1. The van der Waals surface area contributed by atoms with Crippen molar-refractivity contribution in [1.29, 1.82) is 0 Å². The molecule has 2 atom stereocenters. The van der Waals surface area contributed by atoms with Crippen LogP contribution in [0.2, 0.25) is 0 Å². The van der Waals surface area contributed by atoms with E-state index in [9.17, 15) is 24.3 Å². The van der Waals surface area contributed by atoms with E-state index < -0.39 is 24.0 Å². The Labute approximate surface area is 240 Å². The highest BCUT2D eigenvalue weighted by Gasteiger charge is 2.51. The molecular formula is C29H31BrN4O6. The first kappa shape index (κ1) is 26.9. The lowest BCUT2D eigenvalue weighted by molar-refractivity contribution is -0.200. The number of aliphatic hydroxyl groups excluding tert-OH is 1. The van der Waals surface area contributed by atoms with E-state index in [1.807, 2.05) is 12.1 Å². The lowest BCUT2D eigenvalue weighted by atomic mass is 9.72. The molecule has 0 radical (unpaired) electrons. The Morgan fingerprint density at radius 1 is 1.07 bits per heavy atom. The Kier molecular flexibility index (Phi) is 7.14. The number of likely N-dealkylation sites (tertiary alicyclic amines) is 1. The van der Waals surface area contributed by atoms with E-state index in [1.54, 1.807) is 6.07 Å². The number of hydroxylamine groups is 2. The van der Waals surface area contributed by atoms with E-state index >= 15 is 0 Å². The Morgan fingerprint density at radius 3 is 2.55 bits per heavy atom. The zero-order chi connectivity index (χ0) is 28.0. The summed E-state index contributed by atoms with van der Waals surface area (Å²) in [7, 11) is 0. The number of rotatable bonds is 9. The number of aliphatic hydroxyl groups is 1. The van der Waals surface area contributed by atoms with Gasteiger partial charge in [0.2, 0.25) is 0 Å². The van der Waals surface area contributed by atoms with Gasteiger partial charge in [-0.3, -0.25) is 24.1 Å². The highest BCUT2D eigenvalue weighted by Crippen LogP contribution is 2.42. The van der Waals surface area contributed by atoms with E-state index in [1.165, 1.54) is 10.6 Å². The molecule has 3 amide bonds. The maximum atomic E-state index is 13.0. The molecule has 3 saturated heterocycles.